The average Bonchev–Trinajstić information content (AvgIpc) is 3.18. The van der Waals surface area contributed by atoms with Gasteiger partial charge in [-0.3, -0.25) is 9.59 Å². The first-order chi connectivity index (χ1) is 16.8. The second-order valence-corrected chi connectivity index (χ2v) is 9.44. The van der Waals surface area contributed by atoms with E-state index in [0.29, 0.717) is 25.8 Å². The molecule has 1 aliphatic rings. The van der Waals surface area contributed by atoms with Crippen molar-refractivity contribution in [2.24, 2.45) is 11.8 Å². The van der Waals surface area contributed by atoms with E-state index in [2.05, 4.69) is 34.9 Å². The minimum absolute atomic E-state index is 0.0498. The van der Waals surface area contributed by atoms with Gasteiger partial charge in [0, 0.05) is 12.5 Å². The third-order valence-electron chi connectivity index (χ3n) is 6.82. The van der Waals surface area contributed by atoms with Gasteiger partial charge in [-0.1, -0.05) is 75.7 Å². The number of benzene rings is 2. The van der Waals surface area contributed by atoms with Crippen molar-refractivity contribution >= 4 is 18.0 Å². The van der Waals surface area contributed by atoms with Crippen molar-refractivity contribution in [2.75, 3.05) is 13.2 Å². The Morgan fingerprint density at radius 3 is 2.17 bits per heavy atom. The van der Waals surface area contributed by atoms with Crippen molar-refractivity contribution in [1.82, 2.24) is 10.6 Å². The van der Waals surface area contributed by atoms with Crippen LogP contribution in [-0.2, 0) is 14.3 Å². The van der Waals surface area contributed by atoms with Crippen LogP contribution in [0.25, 0.3) is 11.1 Å². The molecule has 0 saturated carbocycles. The van der Waals surface area contributed by atoms with Crippen LogP contribution in [0, 0.1) is 11.8 Å². The zero-order valence-corrected chi connectivity index (χ0v) is 20.8. The summed E-state index contributed by atoms with van der Waals surface area (Å²) in [6.45, 7) is 6.27. The van der Waals surface area contributed by atoms with E-state index in [1.807, 2.05) is 38.1 Å². The Morgan fingerprint density at radius 2 is 1.60 bits per heavy atom. The number of carboxylic acid groups (broad SMARTS) is 1. The third-order valence-corrected chi connectivity index (χ3v) is 6.82. The topological polar surface area (TPSA) is 105 Å². The summed E-state index contributed by atoms with van der Waals surface area (Å²) < 4.78 is 5.62. The summed E-state index contributed by atoms with van der Waals surface area (Å²) in [6.07, 6.45) is 1.80. The van der Waals surface area contributed by atoms with Crippen LogP contribution in [0.5, 0.6) is 0 Å². The molecule has 2 aromatic rings. The van der Waals surface area contributed by atoms with E-state index >= 15 is 0 Å². The van der Waals surface area contributed by atoms with Gasteiger partial charge in [0.05, 0.1) is 5.92 Å². The molecule has 7 heteroatoms. The van der Waals surface area contributed by atoms with Crippen LogP contribution in [0.4, 0.5) is 4.79 Å². The lowest BCUT2D eigenvalue weighted by atomic mass is 9.98. The molecule has 0 heterocycles. The maximum atomic E-state index is 12.8. The molecule has 0 spiro atoms. The predicted molar refractivity (Wildman–Crippen MR) is 135 cm³/mol. The van der Waals surface area contributed by atoms with Gasteiger partial charge in [-0.15, -0.1) is 0 Å². The molecule has 188 valence electrons. The summed E-state index contributed by atoms with van der Waals surface area (Å²) in [4.78, 5) is 36.5. The van der Waals surface area contributed by atoms with E-state index in [4.69, 9.17) is 9.84 Å². The molecular formula is C28H36N2O5. The summed E-state index contributed by atoms with van der Waals surface area (Å²) in [6, 6.07) is 15.6. The lowest BCUT2D eigenvalue weighted by molar-refractivity contribution is -0.141. The lowest BCUT2D eigenvalue weighted by Crippen LogP contribution is -2.48. The van der Waals surface area contributed by atoms with Gasteiger partial charge in [-0.05, 0) is 47.4 Å². The van der Waals surface area contributed by atoms with Crippen molar-refractivity contribution in [3.05, 3.63) is 59.7 Å². The molecule has 0 radical (unpaired) electrons. The van der Waals surface area contributed by atoms with E-state index in [0.717, 1.165) is 28.7 Å². The molecule has 0 saturated heterocycles. The van der Waals surface area contributed by atoms with Gasteiger partial charge >= 0.3 is 12.1 Å². The average molecular weight is 481 g/mol. The van der Waals surface area contributed by atoms with Gasteiger partial charge in [0.25, 0.3) is 0 Å². The second kappa shape index (κ2) is 12.4. The number of aliphatic carboxylic acids is 1. The highest BCUT2D eigenvalue weighted by Crippen LogP contribution is 2.44. The van der Waals surface area contributed by atoms with Crippen LogP contribution in [-0.4, -0.2) is 42.3 Å². The van der Waals surface area contributed by atoms with Gasteiger partial charge in [-0.25, -0.2) is 4.79 Å². The number of alkyl carbamates (subject to hydrolysis) is 1. The van der Waals surface area contributed by atoms with Crippen LogP contribution in [0.1, 0.15) is 63.5 Å². The second-order valence-electron chi connectivity index (χ2n) is 9.44. The number of ether oxygens (including phenoxy) is 1. The number of fused-ring (bicyclic) bond motifs is 3. The Hall–Kier alpha value is -3.35. The number of carbonyl (C=O) groups excluding carboxylic acids is 2. The number of carboxylic acids is 1. The maximum Gasteiger partial charge on any atom is 0.407 e. The SMILES string of the molecule is CCC(C)CC(NC(=O)OCC1c2ccccc2-c2ccccc21)C(=O)NCCCC(C)C(=O)O. The molecule has 3 atom stereocenters. The molecule has 0 fully saturated rings. The Kier molecular flexibility index (Phi) is 9.29. The number of nitrogens with one attached hydrogen (secondary N) is 2. The number of hydrogen-bond donors (Lipinski definition) is 3. The van der Waals surface area contributed by atoms with Crippen molar-refractivity contribution in [3.63, 3.8) is 0 Å². The highest BCUT2D eigenvalue weighted by Gasteiger charge is 2.30. The van der Waals surface area contributed by atoms with Crippen LogP contribution < -0.4 is 10.6 Å². The molecule has 7 nitrogen and oxygen atoms in total. The number of carbonyl (C=O) groups is 3. The lowest BCUT2D eigenvalue weighted by Gasteiger charge is -2.22. The number of amides is 2. The largest absolute Gasteiger partial charge is 0.481 e. The molecule has 2 amide bonds. The van der Waals surface area contributed by atoms with E-state index in [9.17, 15) is 14.4 Å². The fourth-order valence-electron chi connectivity index (χ4n) is 4.45. The van der Waals surface area contributed by atoms with E-state index in [-0.39, 0.29) is 24.3 Å². The predicted octanol–water partition coefficient (Wildman–Crippen LogP) is 4.95. The first-order valence-electron chi connectivity index (χ1n) is 12.4. The smallest absolute Gasteiger partial charge is 0.407 e. The maximum absolute atomic E-state index is 12.8. The van der Waals surface area contributed by atoms with Crippen LogP contribution >= 0.6 is 0 Å². The van der Waals surface area contributed by atoms with E-state index < -0.39 is 24.0 Å². The fourth-order valence-corrected chi connectivity index (χ4v) is 4.45. The molecule has 3 N–H and O–H groups in total. The first kappa shape index (κ1) is 26.3. The molecule has 35 heavy (non-hydrogen) atoms. The highest BCUT2D eigenvalue weighted by atomic mass is 16.5. The molecule has 3 unspecified atom stereocenters. The van der Waals surface area contributed by atoms with Gasteiger partial charge in [0.2, 0.25) is 5.91 Å². The molecular weight excluding hydrogens is 444 g/mol. The van der Waals surface area contributed by atoms with E-state index in [1.165, 1.54) is 0 Å². The van der Waals surface area contributed by atoms with Gasteiger partial charge < -0.3 is 20.5 Å². The Bertz CT molecular complexity index is 992. The minimum Gasteiger partial charge on any atom is -0.481 e. The van der Waals surface area contributed by atoms with Crippen molar-refractivity contribution < 1.29 is 24.2 Å². The Labute approximate surface area is 207 Å². The van der Waals surface area contributed by atoms with Crippen LogP contribution in [0.15, 0.2) is 48.5 Å². The summed E-state index contributed by atoms with van der Waals surface area (Å²) in [5.74, 6) is -1.38. The molecule has 0 aliphatic heterocycles. The van der Waals surface area contributed by atoms with Crippen LogP contribution in [0.2, 0.25) is 0 Å². The Morgan fingerprint density at radius 1 is 1.00 bits per heavy atom. The summed E-state index contributed by atoms with van der Waals surface area (Å²) >= 11 is 0. The number of rotatable bonds is 12. The molecule has 0 bridgehead atoms. The van der Waals surface area contributed by atoms with Crippen molar-refractivity contribution in [2.45, 2.75) is 58.4 Å². The fraction of sp³-hybridized carbons (Fsp3) is 0.464. The van der Waals surface area contributed by atoms with Gasteiger partial charge in [0.1, 0.15) is 12.6 Å². The molecule has 0 aromatic heterocycles. The van der Waals surface area contributed by atoms with Crippen molar-refractivity contribution in [3.8, 4) is 11.1 Å². The molecule has 2 aromatic carbocycles. The normalized spacial score (nSPS) is 14.8. The monoisotopic (exact) mass is 480 g/mol. The van der Waals surface area contributed by atoms with E-state index in [1.54, 1.807) is 6.92 Å². The first-order valence-corrected chi connectivity index (χ1v) is 12.4. The van der Waals surface area contributed by atoms with Gasteiger partial charge in [-0.2, -0.15) is 0 Å². The minimum atomic E-state index is -0.845. The third kappa shape index (κ3) is 6.84. The quantitative estimate of drug-likeness (QED) is 0.373. The summed E-state index contributed by atoms with van der Waals surface area (Å²) in [7, 11) is 0. The molecule has 1 aliphatic carbocycles. The Balaban J connectivity index is 1.58. The summed E-state index contributed by atoms with van der Waals surface area (Å²) in [5, 5.41) is 14.6. The zero-order valence-electron chi connectivity index (χ0n) is 20.8. The highest BCUT2D eigenvalue weighted by molar-refractivity contribution is 5.85. The van der Waals surface area contributed by atoms with Crippen molar-refractivity contribution in [1.29, 1.82) is 0 Å². The molecule has 3 rings (SSSR count). The zero-order chi connectivity index (χ0) is 25.4. The van der Waals surface area contributed by atoms with Crippen LogP contribution in [0.3, 0.4) is 0 Å². The standard InChI is InChI=1S/C28H36N2O5/c1-4-18(2)16-25(26(31)29-15-9-10-19(3)27(32)33)30-28(34)35-17-24-22-13-7-5-11-20(22)21-12-6-8-14-23(21)24/h5-8,11-14,18-19,24-25H,4,9-10,15-17H2,1-3H3,(H,29,31)(H,30,34)(H,32,33). The summed E-state index contributed by atoms with van der Waals surface area (Å²) in [5.41, 5.74) is 4.57. The van der Waals surface area contributed by atoms with Gasteiger partial charge in [0.15, 0.2) is 0 Å². The number of hydrogen-bond acceptors (Lipinski definition) is 4.